The van der Waals surface area contributed by atoms with Crippen molar-refractivity contribution in [2.75, 3.05) is 12.8 Å². The van der Waals surface area contributed by atoms with Gasteiger partial charge in [-0.05, 0) is 24.6 Å². The molecule has 0 radical (unpaired) electrons. The predicted octanol–water partition coefficient (Wildman–Crippen LogP) is 2.29. The first kappa shape index (κ1) is 12.2. The normalized spacial score (nSPS) is 10.7. The van der Waals surface area contributed by atoms with Gasteiger partial charge in [0.25, 0.3) is 0 Å². The van der Waals surface area contributed by atoms with E-state index in [0.29, 0.717) is 16.8 Å². The molecule has 0 fully saturated rings. The minimum absolute atomic E-state index is 0.144. The number of aryl methyl sites for hydroxylation is 1. The van der Waals surface area contributed by atoms with Crippen molar-refractivity contribution < 1.29 is 13.9 Å². The first-order valence-electron chi connectivity index (χ1n) is 4.83. The third-order valence-electron chi connectivity index (χ3n) is 2.19. The van der Waals surface area contributed by atoms with Crippen molar-refractivity contribution >= 4 is 17.7 Å². The zero-order chi connectivity index (χ0) is 12.1. The molecular weight excluding hydrogens is 209 g/mol. The van der Waals surface area contributed by atoms with Crippen LogP contribution in [0.15, 0.2) is 18.2 Å². The molecule has 0 spiro atoms. The Morgan fingerprint density at radius 2 is 2.25 bits per heavy atom. The molecule has 3 nitrogen and oxygen atoms in total. The summed E-state index contributed by atoms with van der Waals surface area (Å²) < 4.78 is 17.5. The van der Waals surface area contributed by atoms with Crippen LogP contribution in [-0.2, 0) is 9.53 Å². The number of nitrogen functional groups attached to an aromatic ring is 1. The average Bonchev–Trinajstić information content (AvgIpc) is 2.24. The quantitative estimate of drug-likeness (QED) is 0.631. The summed E-state index contributed by atoms with van der Waals surface area (Å²) in [6.07, 6.45) is 3.35. The molecule has 86 valence electrons. The van der Waals surface area contributed by atoms with Crippen molar-refractivity contribution in [3.05, 3.63) is 35.2 Å². The lowest BCUT2D eigenvalue weighted by atomic mass is 10.1. The first-order chi connectivity index (χ1) is 7.54. The molecular formula is C12H14FNO2. The number of rotatable bonds is 3. The fourth-order valence-electron chi connectivity index (χ4n) is 1.28. The van der Waals surface area contributed by atoms with Gasteiger partial charge in [0.2, 0.25) is 0 Å². The summed E-state index contributed by atoms with van der Waals surface area (Å²) in [5, 5.41) is 0. The third-order valence-corrected chi connectivity index (χ3v) is 2.19. The molecule has 0 aliphatic rings. The van der Waals surface area contributed by atoms with Gasteiger partial charge in [0, 0.05) is 11.3 Å². The van der Waals surface area contributed by atoms with Gasteiger partial charge in [-0.25, -0.2) is 4.39 Å². The Kier molecular flexibility index (Phi) is 4.05. The highest BCUT2D eigenvalue weighted by Gasteiger charge is 2.02. The van der Waals surface area contributed by atoms with E-state index in [9.17, 15) is 9.18 Å². The van der Waals surface area contributed by atoms with E-state index in [2.05, 4.69) is 4.74 Å². The number of ether oxygens (including phenoxy) is 1. The van der Waals surface area contributed by atoms with Gasteiger partial charge in [0.05, 0.1) is 13.5 Å². The lowest BCUT2D eigenvalue weighted by Gasteiger charge is -2.04. The second kappa shape index (κ2) is 5.30. The van der Waals surface area contributed by atoms with E-state index in [0.717, 1.165) is 0 Å². The predicted molar refractivity (Wildman–Crippen MR) is 61.2 cm³/mol. The van der Waals surface area contributed by atoms with Gasteiger partial charge in [-0.15, -0.1) is 0 Å². The maximum absolute atomic E-state index is 13.1. The highest BCUT2D eigenvalue weighted by molar-refractivity contribution is 5.74. The highest BCUT2D eigenvalue weighted by Crippen LogP contribution is 2.20. The van der Waals surface area contributed by atoms with E-state index in [-0.39, 0.29) is 18.2 Å². The molecule has 0 saturated carbocycles. The number of nitrogens with two attached hydrogens (primary N) is 1. The van der Waals surface area contributed by atoms with Crippen molar-refractivity contribution in [2.45, 2.75) is 13.3 Å². The molecule has 0 atom stereocenters. The number of benzene rings is 1. The van der Waals surface area contributed by atoms with E-state index in [1.807, 2.05) is 0 Å². The fourth-order valence-corrected chi connectivity index (χ4v) is 1.28. The summed E-state index contributed by atoms with van der Waals surface area (Å²) in [6.45, 7) is 1.73. The van der Waals surface area contributed by atoms with Crippen LogP contribution in [0, 0.1) is 12.7 Å². The molecule has 2 N–H and O–H groups in total. The average molecular weight is 223 g/mol. The van der Waals surface area contributed by atoms with E-state index in [1.165, 1.54) is 19.2 Å². The first-order valence-corrected chi connectivity index (χ1v) is 4.83. The zero-order valence-corrected chi connectivity index (χ0v) is 9.29. The minimum atomic E-state index is -0.344. The van der Waals surface area contributed by atoms with Gasteiger partial charge >= 0.3 is 5.97 Å². The molecule has 16 heavy (non-hydrogen) atoms. The number of carbonyl (C=O) groups excluding carboxylic acids is 1. The molecule has 1 rings (SSSR count). The molecule has 1 aromatic carbocycles. The monoisotopic (exact) mass is 223 g/mol. The van der Waals surface area contributed by atoms with Crippen LogP contribution in [0.5, 0.6) is 0 Å². The number of hydrogen-bond donors (Lipinski definition) is 1. The van der Waals surface area contributed by atoms with Crippen LogP contribution >= 0.6 is 0 Å². The molecule has 0 aliphatic carbocycles. The van der Waals surface area contributed by atoms with Gasteiger partial charge in [0.15, 0.2) is 0 Å². The smallest absolute Gasteiger partial charge is 0.309 e. The summed E-state index contributed by atoms with van der Waals surface area (Å²) in [4.78, 5) is 10.8. The molecule has 0 saturated heterocycles. The van der Waals surface area contributed by atoms with Crippen LogP contribution in [0.25, 0.3) is 6.08 Å². The van der Waals surface area contributed by atoms with E-state index >= 15 is 0 Å². The van der Waals surface area contributed by atoms with Gasteiger partial charge in [-0.2, -0.15) is 0 Å². The Morgan fingerprint density at radius 3 is 2.88 bits per heavy atom. The number of methoxy groups -OCH3 is 1. The Morgan fingerprint density at radius 1 is 1.56 bits per heavy atom. The van der Waals surface area contributed by atoms with Crippen molar-refractivity contribution in [2.24, 2.45) is 0 Å². The molecule has 1 aromatic rings. The Hall–Kier alpha value is -1.84. The highest BCUT2D eigenvalue weighted by atomic mass is 19.1. The maximum atomic E-state index is 13.1. The van der Waals surface area contributed by atoms with Crippen molar-refractivity contribution in [1.82, 2.24) is 0 Å². The van der Waals surface area contributed by atoms with Gasteiger partial charge in [-0.1, -0.05) is 12.2 Å². The second-order valence-electron chi connectivity index (χ2n) is 3.41. The molecule has 4 heteroatoms. The molecule has 0 amide bonds. The number of halogens is 1. The minimum Gasteiger partial charge on any atom is -0.469 e. The van der Waals surface area contributed by atoms with Crippen molar-refractivity contribution in [3.8, 4) is 0 Å². The van der Waals surface area contributed by atoms with E-state index in [1.54, 1.807) is 19.1 Å². The van der Waals surface area contributed by atoms with Crippen molar-refractivity contribution in [1.29, 1.82) is 0 Å². The van der Waals surface area contributed by atoms with Gasteiger partial charge in [-0.3, -0.25) is 4.79 Å². The molecule has 0 bridgehead atoms. The Balaban J connectivity index is 2.85. The Labute approximate surface area is 93.7 Å². The summed E-state index contributed by atoms with van der Waals surface area (Å²) in [7, 11) is 1.32. The number of hydrogen-bond acceptors (Lipinski definition) is 3. The van der Waals surface area contributed by atoms with Crippen LogP contribution in [-0.4, -0.2) is 13.1 Å². The lowest BCUT2D eigenvalue weighted by molar-refractivity contribution is -0.139. The lowest BCUT2D eigenvalue weighted by Crippen LogP contribution is -1.97. The number of anilines is 1. The molecule has 0 aromatic heterocycles. The van der Waals surface area contributed by atoms with E-state index < -0.39 is 0 Å². The zero-order valence-electron chi connectivity index (χ0n) is 9.29. The summed E-state index contributed by atoms with van der Waals surface area (Å²) >= 11 is 0. The third kappa shape index (κ3) is 3.08. The second-order valence-corrected chi connectivity index (χ2v) is 3.41. The topological polar surface area (TPSA) is 52.3 Å². The van der Waals surface area contributed by atoms with Crippen LogP contribution in [0.2, 0.25) is 0 Å². The molecule has 0 aliphatic heterocycles. The van der Waals surface area contributed by atoms with Crippen LogP contribution in [0.4, 0.5) is 10.1 Å². The largest absolute Gasteiger partial charge is 0.469 e. The number of carbonyl (C=O) groups is 1. The van der Waals surface area contributed by atoms with Gasteiger partial charge in [0.1, 0.15) is 5.82 Å². The molecule has 0 heterocycles. The van der Waals surface area contributed by atoms with Crippen molar-refractivity contribution in [3.63, 3.8) is 0 Å². The summed E-state index contributed by atoms with van der Waals surface area (Å²) in [5.41, 5.74) is 7.53. The summed E-state index contributed by atoms with van der Waals surface area (Å²) in [5.74, 6) is -0.688. The van der Waals surface area contributed by atoms with E-state index in [4.69, 9.17) is 5.73 Å². The maximum Gasteiger partial charge on any atom is 0.309 e. The standard InChI is InChI=1S/C12H14FNO2/c1-8-6-10(13)7-9(12(8)14)4-3-5-11(15)16-2/h3-4,6-7H,5,14H2,1-2H3. The van der Waals surface area contributed by atoms with Crippen LogP contribution in [0.3, 0.4) is 0 Å². The number of esters is 1. The van der Waals surface area contributed by atoms with Gasteiger partial charge < -0.3 is 10.5 Å². The van der Waals surface area contributed by atoms with Crippen LogP contribution in [0.1, 0.15) is 17.5 Å². The SMILES string of the molecule is COC(=O)CC=Cc1cc(F)cc(C)c1N. The molecule has 0 unspecified atom stereocenters. The fraction of sp³-hybridized carbons (Fsp3) is 0.250. The Bertz CT molecular complexity index is 427. The van der Waals surface area contributed by atoms with Crippen LogP contribution < -0.4 is 5.73 Å². The summed E-state index contributed by atoms with van der Waals surface area (Å²) in [6, 6.07) is 2.70.